The molecule has 27 heavy (non-hydrogen) atoms. The summed E-state index contributed by atoms with van der Waals surface area (Å²) in [5.41, 5.74) is 2.03. The third-order valence-electron chi connectivity index (χ3n) is 4.64. The maximum Gasteiger partial charge on any atom is 0.256 e. The third kappa shape index (κ3) is 3.21. The van der Waals surface area contributed by atoms with Crippen LogP contribution < -0.4 is 15.4 Å². The number of rotatable bonds is 2. The maximum absolute atomic E-state index is 14.5. The van der Waals surface area contributed by atoms with Crippen molar-refractivity contribution in [1.82, 2.24) is 10.3 Å². The van der Waals surface area contributed by atoms with Gasteiger partial charge in [0.05, 0.1) is 41.8 Å². The molecule has 1 saturated heterocycles. The van der Waals surface area contributed by atoms with E-state index in [1.54, 1.807) is 18.3 Å². The largest absolute Gasteiger partial charge is 0.495 e. The van der Waals surface area contributed by atoms with Crippen LogP contribution in [0.1, 0.15) is 23.2 Å². The fourth-order valence-corrected chi connectivity index (χ4v) is 3.31. The summed E-state index contributed by atoms with van der Waals surface area (Å²) in [6.45, 7) is 0.465. The lowest BCUT2D eigenvalue weighted by molar-refractivity contribution is -0.110. The molecular weight excluding hydrogens is 349 g/mol. The van der Waals surface area contributed by atoms with Gasteiger partial charge in [0.25, 0.3) is 5.91 Å². The predicted molar refractivity (Wildman–Crippen MR) is 99.5 cm³/mol. The molecule has 0 aliphatic carbocycles. The van der Waals surface area contributed by atoms with Gasteiger partial charge in [-0.25, -0.2) is 4.39 Å². The van der Waals surface area contributed by atoms with Crippen molar-refractivity contribution in [3.63, 3.8) is 0 Å². The molecule has 2 aliphatic rings. The zero-order valence-electron chi connectivity index (χ0n) is 14.6. The maximum atomic E-state index is 14.5. The summed E-state index contributed by atoms with van der Waals surface area (Å²) < 4.78 is 19.8. The van der Waals surface area contributed by atoms with Gasteiger partial charge in [-0.2, -0.15) is 0 Å². The van der Waals surface area contributed by atoms with Crippen molar-refractivity contribution in [3.8, 4) is 17.6 Å². The van der Waals surface area contributed by atoms with Crippen molar-refractivity contribution in [2.24, 2.45) is 0 Å². The van der Waals surface area contributed by atoms with E-state index in [1.807, 2.05) is 0 Å². The molecule has 1 fully saturated rings. The average molecular weight is 367 g/mol. The molecule has 1 aromatic carbocycles. The Labute approximate surface area is 155 Å². The highest BCUT2D eigenvalue weighted by atomic mass is 19.1. The van der Waals surface area contributed by atoms with Crippen LogP contribution >= 0.6 is 0 Å². The number of anilines is 1. The van der Waals surface area contributed by atoms with E-state index in [4.69, 9.17) is 4.74 Å². The van der Waals surface area contributed by atoms with Crippen LogP contribution in [0.4, 0.5) is 10.1 Å². The molecule has 2 aliphatic heterocycles. The van der Waals surface area contributed by atoms with Gasteiger partial charge >= 0.3 is 0 Å². The van der Waals surface area contributed by atoms with Crippen LogP contribution in [0.3, 0.4) is 0 Å². The summed E-state index contributed by atoms with van der Waals surface area (Å²) in [7, 11) is 1.54. The molecule has 0 unspecified atom stereocenters. The number of H-pyrrole nitrogens is 1. The number of hydrogen-bond acceptors (Lipinski definition) is 4. The Morgan fingerprint density at radius 1 is 1.37 bits per heavy atom. The Morgan fingerprint density at radius 2 is 2.22 bits per heavy atom. The second-order valence-electron chi connectivity index (χ2n) is 6.44. The van der Waals surface area contributed by atoms with Gasteiger partial charge in [-0.3, -0.25) is 4.79 Å². The monoisotopic (exact) mass is 367 g/mol. The number of hydrogen-bond donors (Lipinski definition) is 4. The summed E-state index contributed by atoms with van der Waals surface area (Å²) in [5, 5.41) is 15.4. The van der Waals surface area contributed by atoms with Gasteiger partial charge in [-0.05, 0) is 24.3 Å². The molecule has 0 radical (unpaired) electrons. The number of halogens is 1. The van der Waals surface area contributed by atoms with Crippen molar-refractivity contribution in [2.75, 3.05) is 19.0 Å². The molecule has 3 heterocycles. The number of aromatic nitrogens is 1. The number of amides is 1. The number of nitrogens with one attached hydrogen (secondary N) is 3. The SMILES string of the molecule is COc1cc[nH]c1/C=C1\C(=O)Nc2ccc(F)c(C#C[C@@H]3C[C@@H](O)CN3)c21. The molecule has 4 rings (SSSR count). The standard InChI is InChI=1S/C20H18FN3O3/c1-27-18-6-7-22-17(18)9-14-19-13(3-2-11-8-12(25)10-23-11)15(21)4-5-16(19)24-20(14)26/h4-7,9,11-12,22-23,25H,8,10H2,1H3,(H,24,26)/b14-9-/t11-,12-/m1/s1. The number of fused-ring (bicyclic) bond motifs is 1. The van der Waals surface area contributed by atoms with Crippen LogP contribution in [0, 0.1) is 17.7 Å². The van der Waals surface area contributed by atoms with Gasteiger partial charge in [0.15, 0.2) is 0 Å². The predicted octanol–water partition coefficient (Wildman–Crippen LogP) is 1.73. The van der Waals surface area contributed by atoms with E-state index < -0.39 is 11.9 Å². The zero-order chi connectivity index (χ0) is 19.0. The van der Waals surface area contributed by atoms with Crippen molar-refractivity contribution in [2.45, 2.75) is 18.6 Å². The average Bonchev–Trinajstić information content (AvgIpc) is 3.35. The van der Waals surface area contributed by atoms with Crippen LogP contribution in [0.5, 0.6) is 5.75 Å². The molecule has 7 heteroatoms. The number of ether oxygens (including phenoxy) is 1. The summed E-state index contributed by atoms with van der Waals surface area (Å²) in [4.78, 5) is 15.5. The van der Waals surface area contributed by atoms with E-state index in [0.29, 0.717) is 41.2 Å². The van der Waals surface area contributed by atoms with Gasteiger partial charge in [-0.15, -0.1) is 0 Å². The highest BCUT2D eigenvalue weighted by Gasteiger charge is 2.29. The van der Waals surface area contributed by atoms with Crippen molar-refractivity contribution in [3.05, 3.63) is 47.0 Å². The quantitative estimate of drug-likeness (QED) is 0.481. The van der Waals surface area contributed by atoms with Crippen LogP contribution in [0.25, 0.3) is 11.6 Å². The number of aliphatic hydroxyl groups is 1. The molecular formula is C20H18FN3O3. The van der Waals surface area contributed by atoms with Crippen molar-refractivity contribution < 1.29 is 19.0 Å². The Bertz CT molecular complexity index is 1000. The lowest BCUT2D eigenvalue weighted by Crippen LogP contribution is -2.19. The second kappa shape index (κ2) is 6.91. The first-order valence-electron chi connectivity index (χ1n) is 8.57. The Hall–Kier alpha value is -3.08. The van der Waals surface area contributed by atoms with Gasteiger partial charge in [0.2, 0.25) is 0 Å². The molecule has 1 amide bonds. The number of benzene rings is 1. The van der Waals surface area contributed by atoms with E-state index >= 15 is 0 Å². The summed E-state index contributed by atoms with van der Waals surface area (Å²) in [5.74, 6) is 5.57. The van der Waals surface area contributed by atoms with Gasteiger partial charge in [0, 0.05) is 24.7 Å². The fourth-order valence-electron chi connectivity index (χ4n) is 3.31. The number of methoxy groups -OCH3 is 1. The highest BCUT2D eigenvalue weighted by molar-refractivity contribution is 6.35. The van der Waals surface area contributed by atoms with E-state index in [9.17, 15) is 14.3 Å². The van der Waals surface area contributed by atoms with Crippen LogP contribution in [0.2, 0.25) is 0 Å². The minimum atomic E-state index is -0.499. The normalized spacial score (nSPS) is 22.3. The first kappa shape index (κ1) is 17.3. The summed E-state index contributed by atoms with van der Waals surface area (Å²) in [6, 6.07) is 4.34. The van der Waals surface area contributed by atoms with Crippen molar-refractivity contribution >= 4 is 23.2 Å². The lowest BCUT2D eigenvalue weighted by Gasteiger charge is -2.05. The molecule has 6 nitrogen and oxygen atoms in total. The van der Waals surface area contributed by atoms with Crippen LogP contribution in [-0.2, 0) is 4.79 Å². The second-order valence-corrected chi connectivity index (χ2v) is 6.44. The molecule has 138 valence electrons. The van der Waals surface area contributed by atoms with Crippen LogP contribution in [0.15, 0.2) is 24.4 Å². The summed E-state index contributed by atoms with van der Waals surface area (Å²) in [6.07, 6.45) is 3.36. The van der Waals surface area contributed by atoms with Gasteiger partial charge in [-0.1, -0.05) is 11.8 Å². The number of aromatic amines is 1. The Balaban J connectivity index is 1.79. The minimum Gasteiger partial charge on any atom is -0.495 e. The minimum absolute atomic E-state index is 0.158. The van der Waals surface area contributed by atoms with E-state index in [-0.39, 0.29) is 17.5 Å². The van der Waals surface area contributed by atoms with Crippen LogP contribution in [-0.4, -0.2) is 41.8 Å². The Kier molecular flexibility index (Phi) is 4.44. The topological polar surface area (TPSA) is 86.4 Å². The fraction of sp³-hybridized carbons (Fsp3) is 0.250. The van der Waals surface area contributed by atoms with E-state index in [0.717, 1.165) is 0 Å². The molecule has 1 aromatic heterocycles. The van der Waals surface area contributed by atoms with E-state index in [2.05, 4.69) is 27.5 Å². The molecule has 2 atom stereocenters. The van der Waals surface area contributed by atoms with Gasteiger partial charge in [0.1, 0.15) is 11.6 Å². The smallest absolute Gasteiger partial charge is 0.256 e. The number of carbonyl (C=O) groups is 1. The van der Waals surface area contributed by atoms with Crippen molar-refractivity contribution in [1.29, 1.82) is 0 Å². The first-order chi connectivity index (χ1) is 13.1. The van der Waals surface area contributed by atoms with E-state index in [1.165, 1.54) is 19.2 Å². The third-order valence-corrected chi connectivity index (χ3v) is 4.64. The highest BCUT2D eigenvalue weighted by Crippen LogP contribution is 2.37. The number of carbonyl (C=O) groups excluding carboxylic acids is 1. The molecule has 0 bridgehead atoms. The number of aliphatic hydroxyl groups excluding tert-OH is 1. The molecule has 0 saturated carbocycles. The molecule has 2 aromatic rings. The number of β-amino-alcohol motifs (C(OH)–C–C–N with tert-alkyl or cyclic N) is 1. The molecule has 0 spiro atoms. The Morgan fingerprint density at radius 3 is 2.96 bits per heavy atom. The van der Waals surface area contributed by atoms with Gasteiger partial charge < -0.3 is 25.5 Å². The molecule has 4 N–H and O–H groups in total. The summed E-state index contributed by atoms with van der Waals surface area (Å²) >= 11 is 0. The zero-order valence-corrected chi connectivity index (χ0v) is 14.6. The first-order valence-corrected chi connectivity index (χ1v) is 8.57. The lowest BCUT2D eigenvalue weighted by atomic mass is 9.98.